The highest BCUT2D eigenvalue weighted by Gasteiger charge is 2.09. The van der Waals surface area contributed by atoms with Crippen molar-refractivity contribution in [2.24, 2.45) is 5.73 Å². The van der Waals surface area contributed by atoms with Crippen LogP contribution in [0.3, 0.4) is 0 Å². The van der Waals surface area contributed by atoms with Crippen LogP contribution in [0.15, 0.2) is 24.4 Å². The third-order valence-electron chi connectivity index (χ3n) is 3.57. The molecule has 1 aromatic heterocycles. The molecule has 0 atom stereocenters. The fourth-order valence-corrected chi connectivity index (χ4v) is 2.48. The summed E-state index contributed by atoms with van der Waals surface area (Å²) < 4.78 is 7.69. The highest BCUT2D eigenvalue weighted by atomic mass is 16.5. The maximum atomic E-state index is 5.63. The molecule has 0 fully saturated rings. The molecule has 1 heterocycles. The van der Waals surface area contributed by atoms with Crippen LogP contribution in [-0.4, -0.2) is 18.2 Å². The van der Waals surface area contributed by atoms with Gasteiger partial charge in [0.05, 0.1) is 12.6 Å². The van der Waals surface area contributed by atoms with E-state index in [1.54, 1.807) is 7.11 Å². The van der Waals surface area contributed by atoms with Gasteiger partial charge in [0.25, 0.3) is 0 Å². The molecule has 0 saturated carbocycles. The number of benzene rings is 1. The van der Waals surface area contributed by atoms with E-state index in [1.807, 2.05) is 6.07 Å². The molecule has 2 aromatic rings. The van der Waals surface area contributed by atoms with Crippen molar-refractivity contribution in [3.05, 3.63) is 30.0 Å². The van der Waals surface area contributed by atoms with E-state index in [0.717, 1.165) is 31.7 Å². The number of ether oxygens (including phenoxy) is 1. The summed E-state index contributed by atoms with van der Waals surface area (Å²) in [5, 5.41) is 1.34. The Labute approximate surface area is 115 Å². The number of hydrogen-bond donors (Lipinski definition) is 1. The van der Waals surface area contributed by atoms with Crippen LogP contribution in [0.25, 0.3) is 10.9 Å². The third kappa shape index (κ3) is 3.10. The van der Waals surface area contributed by atoms with Gasteiger partial charge in [-0.25, -0.2) is 0 Å². The smallest absolute Gasteiger partial charge is 0.120 e. The molecule has 0 bridgehead atoms. The van der Waals surface area contributed by atoms with Crippen molar-refractivity contribution in [2.75, 3.05) is 13.7 Å². The number of aromatic nitrogens is 1. The Kier molecular flexibility index (Phi) is 4.86. The van der Waals surface area contributed by atoms with E-state index in [0.29, 0.717) is 0 Å². The summed E-state index contributed by atoms with van der Waals surface area (Å²) >= 11 is 0. The van der Waals surface area contributed by atoms with Crippen molar-refractivity contribution >= 4 is 10.9 Å². The second-order valence-electron chi connectivity index (χ2n) is 4.98. The number of hydrogen-bond acceptors (Lipinski definition) is 2. The van der Waals surface area contributed by atoms with Gasteiger partial charge in [-0.1, -0.05) is 13.3 Å². The minimum atomic E-state index is 0.748. The average Bonchev–Trinajstić information content (AvgIpc) is 2.80. The summed E-state index contributed by atoms with van der Waals surface area (Å²) in [5.74, 6) is 0.925. The van der Waals surface area contributed by atoms with E-state index < -0.39 is 0 Å². The van der Waals surface area contributed by atoms with Crippen LogP contribution in [0.5, 0.6) is 5.75 Å². The molecule has 0 unspecified atom stereocenters. The first-order valence-corrected chi connectivity index (χ1v) is 7.16. The lowest BCUT2D eigenvalue weighted by molar-refractivity contribution is 0.415. The molecular formula is C16H24N2O. The summed E-state index contributed by atoms with van der Waals surface area (Å²) in [6.45, 7) is 4.04. The molecule has 1 aromatic carbocycles. The van der Waals surface area contributed by atoms with Gasteiger partial charge in [0.15, 0.2) is 0 Å². The first-order chi connectivity index (χ1) is 9.30. The molecule has 0 aliphatic heterocycles. The van der Waals surface area contributed by atoms with E-state index in [4.69, 9.17) is 10.5 Å². The Morgan fingerprint density at radius 2 is 2.11 bits per heavy atom. The fraction of sp³-hybridized carbons (Fsp3) is 0.500. The molecule has 2 rings (SSSR count). The molecule has 0 aliphatic rings. The highest BCUT2D eigenvalue weighted by molar-refractivity contribution is 5.85. The van der Waals surface area contributed by atoms with Gasteiger partial charge in [0.2, 0.25) is 0 Å². The zero-order valence-electron chi connectivity index (χ0n) is 12.0. The lowest BCUT2D eigenvalue weighted by Crippen LogP contribution is -2.00. The van der Waals surface area contributed by atoms with E-state index in [9.17, 15) is 0 Å². The van der Waals surface area contributed by atoms with Gasteiger partial charge in [-0.2, -0.15) is 0 Å². The number of methoxy groups -OCH3 is 1. The number of nitrogens with zero attached hydrogens (tertiary/aromatic N) is 1. The van der Waals surface area contributed by atoms with Gasteiger partial charge in [-0.3, -0.25) is 0 Å². The molecule has 104 valence electrons. The number of nitrogens with two attached hydrogens (primary N) is 1. The van der Waals surface area contributed by atoms with E-state index in [1.165, 1.54) is 29.3 Å². The second kappa shape index (κ2) is 6.62. The maximum Gasteiger partial charge on any atom is 0.120 e. The molecule has 0 amide bonds. The normalized spacial score (nSPS) is 11.1. The largest absolute Gasteiger partial charge is 0.497 e. The van der Waals surface area contributed by atoms with Crippen LogP contribution in [-0.2, 0) is 13.0 Å². The van der Waals surface area contributed by atoms with Crippen LogP contribution in [0.1, 0.15) is 31.7 Å². The maximum absolute atomic E-state index is 5.63. The van der Waals surface area contributed by atoms with Crippen LogP contribution in [0.4, 0.5) is 0 Å². The summed E-state index contributed by atoms with van der Waals surface area (Å²) in [6.07, 6.45) is 6.80. The van der Waals surface area contributed by atoms with Crippen molar-refractivity contribution in [1.82, 2.24) is 4.57 Å². The van der Waals surface area contributed by atoms with Crippen molar-refractivity contribution < 1.29 is 4.74 Å². The van der Waals surface area contributed by atoms with Gasteiger partial charge >= 0.3 is 0 Å². The summed E-state index contributed by atoms with van der Waals surface area (Å²) in [5.41, 5.74) is 8.31. The van der Waals surface area contributed by atoms with Gasteiger partial charge in [-0.05, 0) is 43.5 Å². The second-order valence-corrected chi connectivity index (χ2v) is 4.98. The van der Waals surface area contributed by atoms with Crippen molar-refractivity contribution in [3.8, 4) is 5.75 Å². The molecule has 0 saturated heterocycles. The Balaban J connectivity index is 2.40. The van der Waals surface area contributed by atoms with E-state index >= 15 is 0 Å². The first-order valence-electron chi connectivity index (χ1n) is 7.16. The predicted molar refractivity (Wildman–Crippen MR) is 80.8 cm³/mol. The molecular weight excluding hydrogens is 236 g/mol. The minimum absolute atomic E-state index is 0.748. The van der Waals surface area contributed by atoms with Gasteiger partial charge in [0, 0.05) is 24.2 Å². The van der Waals surface area contributed by atoms with E-state index in [2.05, 4.69) is 29.8 Å². The highest BCUT2D eigenvalue weighted by Crippen LogP contribution is 2.27. The standard InChI is InChI=1S/C16H24N2O/c1-3-4-10-18-12-13(6-5-9-17)15-8-7-14(19-2)11-16(15)18/h7-8,11-12H,3-6,9-10,17H2,1-2H3. The van der Waals surface area contributed by atoms with Crippen LogP contribution in [0.2, 0.25) is 0 Å². The summed E-state index contributed by atoms with van der Waals surface area (Å²) in [4.78, 5) is 0. The van der Waals surface area contributed by atoms with Gasteiger partial charge in [0.1, 0.15) is 5.75 Å². The molecule has 3 heteroatoms. The molecule has 2 N–H and O–H groups in total. The van der Waals surface area contributed by atoms with Crippen molar-refractivity contribution in [1.29, 1.82) is 0 Å². The SMILES string of the molecule is CCCCn1cc(CCCN)c2ccc(OC)cc21. The van der Waals surface area contributed by atoms with Gasteiger partial charge in [-0.15, -0.1) is 0 Å². The van der Waals surface area contributed by atoms with Crippen LogP contribution >= 0.6 is 0 Å². The van der Waals surface area contributed by atoms with Gasteiger partial charge < -0.3 is 15.0 Å². The topological polar surface area (TPSA) is 40.2 Å². The predicted octanol–water partition coefficient (Wildman–Crippen LogP) is 3.34. The number of rotatable bonds is 7. The molecule has 3 nitrogen and oxygen atoms in total. The lowest BCUT2D eigenvalue weighted by Gasteiger charge is -2.05. The van der Waals surface area contributed by atoms with Crippen LogP contribution in [0, 0.1) is 0 Å². The number of aryl methyl sites for hydroxylation is 2. The summed E-state index contributed by atoms with van der Waals surface area (Å²) in [7, 11) is 1.72. The Morgan fingerprint density at radius 3 is 2.79 bits per heavy atom. The quantitative estimate of drug-likeness (QED) is 0.829. The summed E-state index contributed by atoms with van der Waals surface area (Å²) in [6, 6.07) is 6.35. The molecule has 19 heavy (non-hydrogen) atoms. The molecule has 0 radical (unpaired) electrons. The zero-order chi connectivity index (χ0) is 13.7. The minimum Gasteiger partial charge on any atom is -0.497 e. The number of fused-ring (bicyclic) bond motifs is 1. The lowest BCUT2D eigenvalue weighted by atomic mass is 10.1. The van der Waals surface area contributed by atoms with E-state index in [-0.39, 0.29) is 0 Å². The first kappa shape index (κ1) is 13.9. The zero-order valence-corrected chi connectivity index (χ0v) is 12.0. The Hall–Kier alpha value is -1.48. The van der Waals surface area contributed by atoms with Crippen LogP contribution < -0.4 is 10.5 Å². The van der Waals surface area contributed by atoms with Crippen molar-refractivity contribution in [2.45, 2.75) is 39.2 Å². The van der Waals surface area contributed by atoms with Crippen molar-refractivity contribution in [3.63, 3.8) is 0 Å². The Bertz CT molecular complexity index is 531. The number of unbranched alkanes of at least 4 members (excludes halogenated alkanes) is 1. The Morgan fingerprint density at radius 1 is 1.26 bits per heavy atom. The fourth-order valence-electron chi connectivity index (χ4n) is 2.48. The monoisotopic (exact) mass is 260 g/mol. The molecule has 0 aliphatic carbocycles. The molecule has 0 spiro atoms. The third-order valence-corrected chi connectivity index (χ3v) is 3.57. The average molecular weight is 260 g/mol.